The lowest BCUT2D eigenvalue weighted by Crippen LogP contribution is -2.26. The molecule has 1 amide bonds. The Balaban J connectivity index is 1.93. The number of nitrogens with zero attached hydrogens (tertiary/aromatic N) is 1. The Morgan fingerprint density at radius 3 is 3.00 bits per heavy atom. The van der Waals surface area contributed by atoms with Gasteiger partial charge < -0.3 is 16.0 Å². The number of carbonyl (C=O) groups is 1. The van der Waals surface area contributed by atoms with E-state index in [4.69, 9.17) is 11.6 Å². The van der Waals surface area contributed by atoms with Crippen LogP contribution in [0.1, 0.15) is 6.92 Å². The van der Waals surface area contributed by atoms with Crippen molar-refractivity contribution in [1.29, 1.82) is 0 Å². The molecule has 0 atom stereocenters. The fourth-order valence-electron chi connectivity index (χ4n) is 1.66. The van der Waals surface area contributed by atoms with Crippen LogP contribution in [0, 0.1) is 0 Å². The van der Waals surface area contributed by atoms with Gasteiger partial charge in [0.2, 0.25) is 5.91 Å². The highest BCUT2D eigenvalue weighted by Gasteiger charge is 2.05. The summed E-state index contributed by atoms with van der Waals surface area (Å²) in [5, 5.41) is 16.6. The molecule has 0 spiro atoms. The predicted octanol–water partition coefficient (Wildman–Crippen LogP) is 2.35. The first-order valence-electron chi connectivity index (χ1n) is 6.19. The highest BCUT2D eigenvalue weighted by atomic mass is 35.5. The van der Waals surface area contributed by atoms with Crippen molar-refractivity contribution in [2.75, 3.05) is 23.7 Å². The quantitative estimate of drug-likeness (QED) is 0.616. The smallest absolute Gasteiger partial charge is 0.216 e. The second kappa shape index (κ2) is 6.81. The van der Waals surface area contributed by atoms with Crippen molar-refractivity contribution >= 4 is 34.7 Å². The van der Waals surface area contributed by atoms with E-state index in [0.29, 0.717) is 18.1 Å². The van der Waals surface area contributed by atoms with Crippen molar-refractivity contribution in [3.63, 3.8) is 0 Å². The summed E-state index contributed by atoms with van der Waals surface area (Å²) in [7, 11) is 0. The van der Waals surface area contributed by atoms with Crippen molar-refractivity contribution < 1.29 is 4.79 Å². The van der Waals surface area contributed by atoms with E-state index in [1.54, 1.807) is 6.20 Å². The molecule has 2 aromatic rings. The van der Waals surface area contributed by atoms with Crippen LogP contribution in [0.4, 0.5) is 17.2 Å². The molecule has 4 N–H and O–H groups in total. The predicted molar refractivity (Wildman–Crippen MR) is 80.5 cm³/mol. The summed E-state index contributed by atoms with van der Waals surface area (Å²) in [6.07, 6.45) is 1.68. The van der Waals surface area contributed by atoms with E-state index in [1.165, 1.54) is 6.92 Å². The second-order valence-corrected chi connectivity index (χ2v) is 4.64. The van der Waals surface area contributed by atoms with Gasteiger partial charge in [-0.25, -0.2) is 0 Å². The van der Waals surface area contributed by atoms with Crippen LogP contribution in [-0.2, 0) is 4.79 Å². The summed E-state index contributed by atoms with van der Waals surface area (Å²) < 4.78 is 0. The first kappa shape index (κ1) is 14.2. The molecule has 0 bridgehead atoms. The maximum absolute atomic E-state index is 10.8. The zero-order chi connectivity index (χ0) is 14.4. The molecule has 1 heterocycles. The van der Waals surface area contributed by atoms with Crippen LogP contribution in [0.2, 0.25) is 5.02 Å². The molecule has 0 saturated carbocycles. The van der Waals surface area contributed by atoms with Gasteiger partial charge in [0.05, 0.1) is 6.20 Å². The van der Waals surface area contributed by atoms with Crippen LogP contribution in [0.25, 0.3) is 0 Å². The van der Waals surface area contributed by atoms with Gasteiger partial charge in [-0.1, -0.05) is 17.7 Å². The lowest BCUT2D eigenvalue weighted by Gasteiger charge is -2.09. The summed E-state index contributed by atoms with van der Waals surface area (Å²) in [6, 6.07) is 7.43. The van der Waals surface area contributed by atoms with Crippen LogP contribution < -0.4 is 16.0 Å². The van der Waals surface area contributed by atoms with Crippen LogP contribution in [0.3, 0.4) is 0 Å². The monoisotopic (exact) mass is 293 g/mol. The minimum Gasteiger partial charge on any atom is -0.367 e. The average molecular weight is 294 g/mol. The fourth-order valence-corrected chi connectivity index (χ4v) is 1.85. The number of nitrogens with one attached hydrogen (secondary N) is 4. The van der Waals surface area contributed by atoms with E-state index < -0.39 is 0 Å². The van der Waals surface area contributed by atoms with Crippen molar-refractivity contribution in [2.24, 2.45) is 0 Å². The standard InChI is InChI=1S/C13H16ClN5O/c1-9(20)15-5-6-16-13-12(8-17-19-13)18-11-4-2-3-10(14)7-11/h2-4,7-8,18H,5-6H2,1H3,(H,15,20)(H2,16,17,19). The molecule has 0 aliphatic rings. The number of amides is 1. The number of aromatic nitrogens is 2. The number of anilines is 3. The zero-order valence-corrected chi connectivity index (χ0v) is 11.8. The lowest BCUT2D eigenvalue weighted by molar-refractivity contribution is -0.118. The molecule has 0 aliphatic carbocycles. The van der Waals surface area contributed by atoms with Crippen LogP contribution in [0.5, 0.6) is 0 Å². The number of halogens is 1. The second-order valence-electron chi connectivity index (χ2n) is 4.20. The molecule has 0 fully saturated rings. The van der Waals surface area contributed by atoms with Gasteiger partial charge in [0.1, 0.15) is 11.5 Å². The third-order valence-corrected chi connectivity index (χ3v) is 2.78. The molecule has 0 aliphatic heterocycles. The number of hydrogen-bond donors (Lipinski definition) is 4. The normalized spacial score (nSPS) is 10.1. The molecule has 6 nitrogen and oxygen atoms in total. The fraction of sp³-hybridized carbons (Fsp3) is 0.231. The van der Waals surface area contributed by atoms with Gasteiger partial charge >= 0.3 is 0 Å². The SMILES string of the molecule is CC(=O)NCCNc1[nH]ncc1Nc1cccc(Cl)c1. The number of aromatic amines is 1. The first-order chi connectivity index (χ1) is 9.65. The van der Waals surface area contributed by atoms with E-state index in [1.807, 2.05) is 24.3 Å². The topological polar surface area (TPSA) is 81.8 Å². The van der Waals surface area contributed by atoms with Crippen molar-refractivity contribution in [1.82, 2.24) is 15.5 Å². The highest BCUT2D eigenvalue weighted by Crippen LogP contribution is 2.24. The summed E-state index contributed by atoms with van der Waals surface area (Å²) in [4.78, 5) is 10.8. The third kappa shape index (κ3) is 4.17. The Kier molecular flexibility index (Phi) is 4.84. The van der Waals surface area contributed by atoms with Crippen LogP contribution in [-0.4, -0.2) is 29.2 Å². The molecule has 0 saturated heterocycles. The lowest BCUT2D eigenvalue weighted by atomic mass is 10.3. The number of benzene rings is 1. The maximum Gasteiger partial charge on any atom is 0.216 e. The van der Waals surface area contributed by atoms with Gasteiger partial charge in [0.15, 0.2) is 0 Å². The van der Waals surface area contributed by atoms with Gasteiger partial charge in [-0.3, -0.25) is 9.89 Å². The largest absolute Gasteiger partial charge is 0.367 e. The van der Waals surface area contributed by atoms with E-state index in [0.717, 1.165) is 17.2 Å². The molecule has 20 heavy (non-hydrogen) atoms. The molecule has 106 valence electrons. The van der Waals surface area contributed by atoms with Gasteiger partial charge in [-0.2, -0.15) is 5.10 Å². The van der Waals surface area contributed by atoms with E-state index in [2.05, 4.69) is 26.1 Å². The summed E-state index contributed by atoms with van der Waals surface area (Å²) in [5.74, 6) is 0.712. The highest BCUT2D eigenvalue weighted by molar-refractivity contribution is 6.30. The Labute approximate surface area is 121 Å². The Morgan fingerprint density at radius 2 is 2.25 bits per heavy atom. The Morgan fingerprint density at radius 1 is 1.40 bits per heavy atom. The molecule has 0 radical (unpaired) electrons. The maximum atomic E-state index is 10.8. The zero-order valence-electron chi connectivity index (χ0n) is 11.0. The van der Waals surface area contributed by atoms with Gasteiger partial charge in [-0.05, 0) is 18.2 Å². The first-order valence-corrected chi connectivity index (χ1v) is 6.57. The van der Waals surface area contributed by atoms with Crippen molar-refractivity contribution in [3.8, 4) is 0 Å². The van der Waals surface area contributed by atoms with Gasteiger partial charge in [0, 0.05) is 30.7 Å². The summed E-state index contributed by atoms with van der Waals surface area (Å²) in [5.41, 5.74) is 1.69. The van der Waals surface area contributed by atoms with E-state index in [-0.39, 0.29) is 5.91 Å². The number of rotatable bonds is 6. The van der Waals surface area contributed by atoms with Crippen LogP contribution in [0.15, 0.2) is 30.5 Å². The number of hydrogen-bond acceptors (Lipinski definition) is 4. The molecule has 1 aromatic heterocycles. The molecule has 2 rings (SSSR count). The summed E-state index contributed by atoms with van der Waals surface area (Å²) >= 11 is 5.94. The average Bonchev–Trinajstić information content (AvgIpc) is 2.82. The summed E-state index contributed by atoms with van der Waals surface area (Å²) in [6.45, 7) is 2.64. The molecule has 0 unspecified atom stereocenters. The molecular formula is C13H16ClN5O. The van der Waals surface area contributed by atoms with Crippen LogP contribution >= 0.6 is 11.6 Å². The Bertz CT molecular complexity index is 584. The number of H-pyrrole nitrogens is 1. The van der Waals surface area contributed by atoms with Gasteiger partial charge in [0.25, 0.3) is 0 Å². The molecule has 1 aromatic carbocycles. The Hall–Kier alpha value is -2.21. The molecular weight excluding hydrogens is 278 g/mol. The van der Waals surface area contributed by atoms with Crippen molar-refractivity contribution in [2.45, 2.75) is 6.92 Å². The van der Waals surface area contributed by atoms with Gasteiger partial charge in [-0.15, -0.1) is 0 Å². The minimum atomic E-state index is -0.0475. The third-order valence-electron chi connectivity index (χ3n) is 2.54. The number of carbonyl (C=O) groups excluding carboxylic acids is 1. The minimum absolute atomic E-state index is 0.0475. The van der Waals surface area contributed by atoms with E-state index >= 15 is 0 Å². The van der Waals surface area contributed by atoms with Crippen molar-refractivity contribution in [3.05, 3.63) is 35.5 Å². The van der Waals surface area contributed by atoms with E-state index in [9.17, 15) is 4.79 Å². The molecule has 7 heteroatoms.